The van der Waals surface area contributed by atoms with Crippen LogP contribution < -0.4 is 0 Å². The van der Waals surface area contributed by atoms with Crippen molar-refractivity contribution in [1.82, 2.24) is 0 Å². The molecule has 0 rings (SSSR count). The summed E-state index contributed by atoms with van der Waals surface area (Å²) < 4.78 is 5.70. The van der Waals surface area contributed by atoms with E-state index in [1.165, 1.54) is 51.4 Å². The van der Waals surface area contributed by atoms with E-state index in [4.69, 9.17) is 4.74 Å². The highest BCUT2D eigenvalue weighted by Crippen LogP contribution is 2.13. The van der Waals surface area contributed by atoms with Gasteiger partial charge in [0.1, 0.15) is 0 Å². The van der Waals surface area contributed by atoms with Crippen molar-refractivity contribution in [2.45, 2.75) is 77.2 Å². The van der Waals surface area contributed by atoms with Crippen LogP contribution in [0.25, 0.3) is 0 Å². The van der Waals surface area contributed by atoms with Crippen molar-refractivity contribution in [3.63, 3.8) is 0 Å². The van der Waals surface area contributed by atoms with Gasteiger partial charge in [-0.15, -0.1) is 13.2 Å². The Kier molecular flexibility index (Phi) is 14.0. The van der Waals surface area contributed by atoms with Gasteiger partial charge in [-0.1, -0.05) is 70.4 Å². The molecule has 1 heteroatoms. The van der Waals surface area contributed by atoms with Crippen molar-refractivity contribution in [3.8, 4) is 0 Å². The van der Waals surface area contributed by atoms with Crippen molar-refractivity contribution in [2.24, 2.45) is 0 Å². The number of unbranched alkanes of at least 4 members (excludes halogenated alkanes) is 7. The Morgan fingerprint density at radius 2 is 1.50 bits per heavy atom. The summed E-state index contributed by atoms with van der Waals surface area (Å²) in [5, 5.41) is 0. The highest BCUT2D eigenvalue weighted by atomic mass is 16.5. The summed E-state index contributed by atoms with van der Waals surface area (Å²) in [6.07, 6.45) is 17.2. The van der Waals surface area contributed by atoms with Gasteiger partial charge in [0.25, 0.3) is 0 Å². The van der Waals surface area contributed by atoms with Crippen LogP contribution in [0.2, 0.25) is 0 Å². The van der Waals surface area contributed by atoms with Crippen LogP contribution in [-0.4, -0.2) is 12.7 Å². The number of hydrogen-bond acceptors (Lipinski definition) is 1. The van der Waals surface area contributed by atoms with E-state index in [0.29, 0.717) is 12.7 Å². The molecule has 106 valence electrons. The summed E-state index contributed by atoms with van der Waals surface area (Å²) in [4.78, 5) is 0. The van der Waals surface area contributed by atoms with Gasteiger partial charge in [-0.25, -0.2) is 0 Å². The normalized spacial score (nSPS) is 12.3. The minimum absolute atomic E-state index is 0.348. The first-order valence-electron chi connectivity index (χ1n) is 7.68. The van der Waals surface area contributed by atoms with Crippen LogP contribution in [0, 0.1) is 0 Å². The maximum Gasteiger partial charge on any atom is 0.0648 e. The van der Waals surface area contributed by atoms with Crippen molar-refractivity contribution in [2.75, 3.05) is 6.61 Å². The monoisotopic (exact) mass is 252 g/mol. The van der Waals surface area contributed by atoms with E-state index in [1.807, 2.05) is 12.2 Å². The molecule has 0 aliphatic rings. The molecule has 1 unspecified atom stereocenters. The fourth-order valence-electron chi connectivity index (χ4n) is 2.17. The highest BCUT2D eigenvalue weighted by Gasteiger charge is 2.05. The van der Waals surface area contributed by atoms with Gasteiger partial charge in [0.15, 0.2) is 0 Å². The van der Waals surface area contributed by atoms with Crippen LogP contribution in [0.15, 0.2) is 25.3 Å². The van der Waals surface area contributed by atoms with Gasteiger partial charge in [-0.05, 0) is 12.8 Å². The van der Waals surface area contributed by atoms with Crippen LogP contribution in [0.5, 0.6) is 0 Å². The van der Waals surface area contributed by atoms with E-state index >= 15 is 0 Å². The van der Waals surface area contributed by atoms with Gasteiger partial charge < -0.3 is 4.74 Å². The smallest absolute Gasteiger partial charge is 0.0648 e. The molecular weight excluding hydrogens is 220 g/mol. The number of hydrogen-bond donors (Lipinski definition) is 0. The summed E-state index contributed by atoms with van der Waals surface area (Å²) in [6, 6.07) is 0. The lowest BCUT2D eigenvalue weighted by atomic mass is 10.0. The van der Waals surface area contributed by atoms with Gasteiger partial charge in [0.2, 0.25) is 0 Å². The molecule has 1 nitrogen and oxygen atoms in total. The van der Waals surface area contributed by atoms with Crippen LogP contribution in [0.4, 0.5) is 0 Å². The van der Waals surface area contributed by atoms with Gasteiger partial charge >= 0.3 is 0 Å². The fraction of sp³-hybridized carbons (Fsp3) is 0.765. The molecular formula is C17H32O. The molecule has 0 spiro atoms. The molecule has 0 heterocycles. The second kappa shape index (κ2) is 14.5. The van der Waals surface area contributed by atoms with E-state index in [9.17, 15) is 0 Å². The molecule has 0 saturated heterocycles. The molecule has 0 aliphatic heterocycles. The molecule has 0 aliphatic carbocycles. The molecule has 0 aromatic rings. The summed E-state index contributed by atoms with van der Waals surface area (Å²) in [5.41, 5.74) is 0. The first-order chi connectivity index (χ1) is 8.85. The lowest BCUT2D eigenvalue weighted by molar-refractivity contribution is 0.0681. The zero-order chi connectivity index (χ0) is 13.5. The lowest BCUT2D eigenvalue weighted by Crippen LogP contribution is -2.11. The van der Waals surface area contributed by atoms with Crippen molar-refractivity contribution >= 4 is 0 Å². The largest absolute Gasteiger partial charge is 0.374 e. The molecule has 18 heavy (non-hydrogen) atoms. The third-order valence-electron chi connectivity index (χ3n) is 3.26. The Hall–Kier alpha value is -0.560. The predicted molar refractivity (Wildman–Crippen MR) is 82.0 cm³/mol. The van der Waals surface area contributed by atoms with Crippen molar-refractivity contribution < 1.29 is 4.74 Å². The van der Waals surface area contributed by atoms with Crippen LogP contribution in [0.3, 0.4) is 0 Å². The van der Waals surface area contributed by atoms with Gasteiger partial charge in [-0.3, -0.25) is 0 Å². The summed E-state index contributed by atoms with van der Waals surface area (Å²) in [7, 11) is 0. The van der Waals surface area contributed by atoms with Crippen LogP contribution in [-0.2, 0) is 4.74 Å². The molecule has 0 fully saturated rings. The van der Waals surface area contributed by atoms with E-state index in [1.54, 1.807) is 0 Å². The fourth-order valence-corrected chi connectivity index (χ4v) is 2.17. The topological polar surface area (TPSA) is 9.23 Å². The van der Waals surface area contributed by atoms with Crippen molar-refractivity contribution in [3.05, 3.63) is 25.3 Å². The molecule has 0 bridgehead atoms. The Morgan fingerprint density at radius 1 is 0.889 bits per heavy atom. The Balaban J connectivity index is 3.36. The number of ether oxygens (including phenoxy) is 1. The molecule has 0 radical (unpaired) electrons. The molecule has 0 aromatic heterocycles. The lowest BCUT2D eigenvalue weighted by Gasteiger charge is -2.14. The van der Waals surface area contributed by atoms with E-state index in [-0.39, 0.29) is 0 Å². The molecule has 0 aromatic carbocycles. The Labute approximate surface area is 114 Å². The standard InChI is InChI=1S/C17H32O/c1-4-7-8-9-10-11-12-13-15-17(14-5-2)18-16-6-3/h5-6,17H,2-4,7-16H2,1H3. The SMILES string of the molecule is C=CCOC(CC=C)CCCCCCCCCC. The molecule has 1 atom stereocenters. The molecule has 0 amide bonds. The predicted octanol–water partition coefficient (Wildman–Crippen LogP) is 5.66. The third-order valence-corrected chi connectivity index (χ3v) is 3.26. The average molecular weight is 252 g/mol. The minimum atomic E-state index is 0.348. The third kappa shape index (κ3) is 11.9. The Morgan fingerprint density at radius 3 is 2.06 bits per heavy atom. The zero-order valence-electron chi connectivity index (χ0n) is 12.3. The summed E-state index contributed by atoms with van der Waals surface area (Å²) >= 11 is 0. The van der Waals surface area contributed by atoms with Crippen molar-refractivity contribution in [1.29, 1.82) is 0 Å². The molecule has 0 saturated carbocycles. The second-order valence-corrected chi connectivity index (χ2v) is 5.03. The van der Waals surface area contributed by atoms with Gasteiger partial charge in [-0.2, -0.15) is 0 Å². The summed E-state index contributed by atoms with van der Waals surface area (Å²) in [5.74, 6) is 0. The first kappa shape index (κ1) is 17.4. The maximum atomic E-state index is 5.70. The quantitative estimate of drug-likeness (QED) is 0.286. The zero-order valence-corrected chi connectivity index (χ0v) is 12.3. The van der Waals surface area contributed by atoms with E-state index < -0.39 is 0 Å². The minimum Gasteiger partial charge on any atom is -0.374 e. The second-order valence-electron chi connectivity index (χ2n) is 5.03. The highest BCUT2D eigenvalue weighted by molar-refractivity contribution is 4.75. The van der Waals surface area contributed by atoms with Gasteiger partial charge in [0.05, 0.1) is 12.7 Å². The molecule has 0 N–H and O–H groups in total. The Bertz CT molecular complexity index is 186. The van der Waals surface area contributed by atoms with E-state index in [0.717, 1.165) is 12.8 Å². The average Bonchev–Trinajstić information content (AvgIpc) is 2.39. The summed E-state index contributed by atoms with van der Waals surface area (Å²) in [6.45, 7) is 10.4. The van der Waals surface area contributed by atoms with Gasteiger partial charge in [0, 0.05) is 0 Å². The van der Waals surface area contributed by atoms with Crippen LogP contribution >= 0.6 is 0 Å². The van der Waals surface area contributed by atoms with Crippen LogP contribution in [0.1, 0.15) is 71.1 Å². The number of rotatable bonds is 14. The first-order valence-corrected chi connectivity index (χ1v) is 7.68. The van der Waals surface area contributed by atoms with E-state index in [2.05, 4.69) is 20.1 Å². The maximum absolute atomic E-state index is 5.70.